The highest BCUT2D eigenvalue weighted by molar-refractivity contribution is 7.89. The second-order valence-electron chi connectivity index (χ2n) is 4.96. The van der Waals surface area contributed by atoms with Crippen LogP contribution in [0.4, 0.5) is 0 Å². The lowest BCUT2D eigenvalue weighted by atomic mass is 10.4. The first-order valence-corrected chi connectivity index (χ1v) is 7.67. The summed E-state index contributed by atoms with van der Waals surface area (Å²) in [5, 5.41) is 2.75. The number of nitrogens with zero attached hydrogens (tertiary/aromatic N) is 2. The van der Waals surface area contributed by atoms with Gasteiger partial charge in [0.25, 0.3) is 5.56 Å². The molecule has 1 amide bonds. The van der Waals surface area contributed by atoms with E-state index in [0.717, 1.165) is 27.8 Å². The number of aromatic nitrogens is 1. The van der Waals surface area contributed by atoms with E-state index in [9.17, 15) is 18.0 Å². The number of amides is 1. The summed E-state index contributed by atoms with van der Waals surface area (Å²) in [6.07, 6.45) is 3.11. The van der Waals surface area contributed by atoms with Gasteiger partial charge in [-0.1, -0.05) is 0 Å². The molecule has 0 atom stereocenters. The van der Waals surface area contributed by atoms with Crippen molar-refractivity contribution in [1.29, 1.82) is 0 Å². The summed E-state index contributed by atoms with van der Waals surface area (Å²) < 4.78 is 26.1. The van der Waals surface area contributed by atoms with E-state index in [1.165, 1.54) is 26.4 Å². The quantitative estimate of drug-likeness (QED) is 0.784. The number of hydrogen-bond acceptors (Lipinski definition) is 4. The van der Waals surface area contributed by atoms with Gasteiger partial charge in [-0.3, -0.25) is 9.59 Å². The van der Waals surface area contributed by atoms with Crippen LogP contribution in [0.2, 0.25) is 0 Å². The number of sulfonamides is 1. The minimum atomic E-state index is -3.62. The summed E-state index contributed by atoms with van der Waals surface area (Å²) >= 11 is 0. The Kier molecular flexibility index (Phi) is 3.96. The van der Waals surface area contributed by atoms with Crippen LogP contribution >= 0.6 is 0 Å². The molecule has 0 unspecified atom stereocenters. The molecule has 7 nitrogen and oxygen atoms in total. The predicted molar refractivity (Wildman–Crippen MR) is 72.7 cm³/mol. The van der Waals surface area contributed by atoms with E-state index in [2.05, 4.69) is 5.32 Å². The predicted octanol–water partition coefficient (Wildman–Crippen LogP) is -0.623. The molecule has 1 N–H and O–H groups in total. The van der Waals surface area contributed by atoms with Crippen molar-refractivity contribution in [3.63, 3.8) is 0 Å². The Balaban J connectivity index is 2.24. The maximum Gasteiger partial charge on any atom is 0.251 e. The van der Waals surface area contributed by atoms with Gasteiger partial charge >= 0.3 is 0 Å². The van der Waals surface area contributed by atoms with Crippen molar-refractivity contribution < 1.29 is 13.2 Å². The molecule has 110 valence electrons. The Labute approximate surface area is 117 Å². The van der Waals surface area contributed by atoms with Crippen LogP contribution in [0, 0.1) is 0 Å². The fraction of sp³-hybridized carbons (Fsp3) is 0.500. The fourth-order valence-corrected chi connectivity index (χ4v) is 2.57. The first-order valence-electron chi connectivity index (χ1n) is 6.23. The highest BCUT2D eigenvalue weighted by atomic mass is 32.2. The maximum absolute atomic E-state index is 12.0. The normalized spacial score (nSPS) is 15.3. The zero-order valence-corrected chi connectivity index (χ0v) is 12.2. The van der Waals surface area contributed by atoms with E-state index < -0.39 is 15.6 Å². The summed E-state index contributed by atoms with van der Waals surface area (Å²) in [5.41, 5.74) is -0.409. The molecule has 1 saturated carbocycles. The number of hydrogen-bond donors (Lipinski definition) is 1. The summed E-state index contributed by atoms with van der Waals surface area (Å²) in [6, 6.07) is 2.60. The number of nitrogens with one attached hydrogen (secondary N) is 1. The molecule has 0 radical (unpaired) electrons. The lowest BCUT2D eigenvalue weighted by Gasteiger charge is -2.13. The average molecular weight is 299 g/mol. The molecule has 1 aliphatic rings. The largest absolute Gasteiger partial charge is 0.352 e. The average Bonchev–Trinajstić information content (AvgIpc) is 3.15. The third-order valence-electron chi connectivity index (χ3n) is 2.99. The lowest BCUT2D eigenvalue weighted by molar-refractivity contribution is -0.121. The monoisotopic (exact) mass is 299 g/mol. The van der Waals surface area contributed by atoms with Gasteiger partial charge in [0.05, 0.1) is 4.90 Å². The van der Waals surface area contributed by atoms with Gasteiger partial charge in [0.15, 0.2) is 0 Å². The van der Waals surface area contributed by atoms with Gasteiger partial charge in [-0.25, -0.2) is 12.7 Å². The summed E-state index contributed by atoms with van der Waals surface area (Å²) in [6.45, 7) is -0.174. The molecule has 20 heavy (non-hydrogen) atoms. The van der Waals surface area contributed by atoms with Crippen LogP contribution in [0.5, 0.6) is 0 Å². The van der Waals surface area contributed by atoms with Gasteiger partial charge in [-0.2, -0.15) is 0 Å². The van der Waals surface area contributed by atoms with Crippen molar-refractivity contribution in [1.82, 2.24) is 14.2 Å². The van der Waals surface area contributed by atoms with Crippen LogP contribution in [0.25, 0.3) is 0 Å². The molecule has 1 aromatic heterocycles. The Morgan fingerprint density at radius 3 is 2.60 bits per heavy atom. The molecule has 0 spiro atoms. The third-order valence-corrected chi connectivity index (χ3v) is 4.79. The minimum Gasteiger partial charge on any atom is -0.352 e. The summed E-state index contributed by atoms with van der Waals surface area (Å²) in [5.74, 6) is -0.283. The number of rotatable bonds is 5. The second-order valence-corrected chi connectivity index (χ2v) is 7.11. The molecule has 0 aromatic carbocycles. The SMILES string of the molecule is CN(C)S(=O)(=O)c1ccc(=O)n(CC(=O)NC2CC2)c1. The smallest absolute Gasteiger partial charge is 0.251 e. The standard InChI is InChI=1S/C12H17N3O4S/c1-14(2)20(18,19)10-5-6-12(17)15(7-10)8-11(16)13-9-3-4-9/h5-7,9H,3-4,8H2,1-2H3,(H,13,16). The Hall–Kier alpha value is -1.67. The molecule has 1 aromatic rings. The number of pyridine rings is 1. The molecule has 0 saturated heterocycles. The van der Waals surface area contributed by atoms with Gasteiger partial charge in [0.1, 0.15) is 6.54 Å². The Morgan fingerprint density at radius 2 is 2.05 bits per heavy atom. The maximum atomic E-state index is 12.0. The van der Waals surface area contributed by atoms with Crippen LogP contribution in [-0.2, 0) is 21.4 Å². The van der Waals surface area contributed by atoms with Crippen LogP contribution in [-0.4, -0.2) is 43.3 Å². The first-order chi connectivity index (χ1) is 9.30. The highest BCUT2D eigenvalue weighted by Gasteiger charge is 2.24. The van der Waals surface area contributed by atoms with Gasteiger partial charge in [0.2, 0.25) is 15.9 Å². The van der Waals surface area contributed by atoms with Crippen molar-refractivity contribution in [3.05, 3.63) is 28.7 Å². The summed E-state index contributed by atoms with van der Waals surface area (Å²) in [7, 11) is -0.806. The van der Waals surface area contributed by atoms with E-state index in [-0.39, 0.29) is 23.4 Å². The van der Waals surface area contributed by atoms with Gasteiger partial charge < -0.3 is 9.88 Å². The van der Waals surface area contributed by atoms with Gasteiger partial charge in [-0.05, 0) is 18.9 Å². The van der Waals surface area contributed by atoms with Crippen molar-refractivity contribution in [3.8, 4) is 0 Å². The number of carbonyl (C=O) groups excluding carboxylic acids is 1. The topological polar surface area (TPSA) is 88.5 Å². The van der Waals surface area contributed by atoms with Crippen LogP contribution in [0.1, 0.15) is 12.8 Å². The van der Waals surface area contributed by atoms with E-state index in [0.29, 0.717) is 0 Å². The highest BCUT2D eigenvalue weighted by Crippen LogP contribution is 2.18. The van der Waals surface area contributed by atoms with Crippen LogP contribution in [0.15, 0.2) is 28.0 Å². The van der Waals surface area contributed by atoms with Crippen molar-refractivity contribution in [2.24, 2.45) is 0 Å². The Bertz CT molecular complexity index is 674. The molecule has 8 heteroatoms. The molecule has 1 fully saturated rings. The van der Waals surface area contributed by atoms with E-state index in [1.807, 2.05) is 0 Å². The molecular weight excluding hydrogens is 282 g/mol. The molecule has 1 heterocycles. The zero-order valence-electron chi connectivity index (χ0n) is 11.4. The minimum absolute atomic E-state index is 0.0127. The second kappa shape index (κ2) is 5.37. The van der Waals surface area contributed by atoms with Crippen molar-refractivity contribution in [2.75, 3.05) is 14.1 Å². The van der Waals surface area contributed by atoms with Gasteiger partial charge in [-0.15, -0.1) is 0 Å². The molecule has 2 rings (SSSR count). The van der Waals surface area contributed by atoms with E-state index >= 15 is 0 Å². The van der Waals surface area contributed by atoms with Crippen LogP contribution in [0.3, 0.4) is 0 Å². The lowest BCUT2D eigenvalue weighted by Crippen LogP contribution is -2.33. The first kappa shape index (κ1) is 14.7. The van der Waals surface area contributed by atoms with Crippen LogP contribution < -0.4 is 10.9 Å². The van der Waals surface area contributed by atoms with E-state index in [4.69, 9.17) is 0 Å². The zero-order chi connectivity index (χ0) is 14.9. The third kappa shape index (κ3) is 3.26. The molecular formula is C12H17N3O4S. The van der Waals surface area contributed by atoms with Crippen molar-refractivity contribution in [2.45, 2.75) is 30.3 Å². The number of carbonyl (C=O) groups is 1. The molecule has 0 aliphatic heterocycles. The Morgan fingerprint density at radius 1 is 1.40 bits per heavy atom. The van der Waals surface area contributed by atoms with Gasteiger partial charge in [0, 0.05) is 32.4 Å². The molecule has 1 aliphatic carbocycles. The van der Waals surface area contributed by atoms with E-state index in [1.54, 1.807) is 0 Å². The molecule has 0 bridgehead atoms. The summed E-state index contributed by atoms with van der Waals surface area (Å²) in [4.78, 5) is 23.3. The van der Waals surface area contributed by atoms with Crippen molar-refractivity contribution >= 4 is 15.9 Å². The fourth-order valence-electron chi connectivity index (χ4n) is 1.65.